The molecule has 0 aliphatic carbocycles. The summed E-state index contributed by atoms with van der Waals surface area (Å²) in [5.41, 5.74) is -0.318. The third-order valence-electron chi connectivity index (χ3n) is 3.89. The first kappa shape index (κ1) is 16.4. The van der Waals surface area contributed by atoms with Crippen molar-refractivity contribution in [2.24, 2.45) is 11.3 Å². The van der Waals surface area contributed by atoms with Gasteiger partial charge in [0.2, 0.25) is 0 Å². The van der Waals surface area contributed by atoms with E-state index in [1.807, 2.05) is 6.92 Å². The maximum absolute atomic E-state index is 12.2. The second kappa shape index (κ2) is 8.51. The van der Waals surface area contributed by atoms with Gasteiger partial charge < -0.3 is 9.47 Å². The number of rotatable bonds is 9. The SMILES string of the molecule is CCOCCOC(=O)C(CC)(CC)C(C)CC. The summed E-state index contributed by atoms with van der Waals surface area (Å²) in [4.78, 5) is 12.2. The van der Waals surface area contributed by atoms with Crippen molar-refractivity contribution in [3.63, 3.8) is 0 Å². The van der Waals surface area contributed by atoms with Gasteiger partial charge in [-0.2, -0.15) is 0 Å². The van der Waals surface area contributed by atoms with Gasteiger partial charge in [0.25, 0.3) is 0 Å². The van der Waals surface area contributed by atoms with E-state index in [4.69, 9.17) is 9.47 Å². The zero-order chi connectivity index (χ0) is 13.3. The molecule has 0 N–H and O–H groups in total. The van der Waals surface area contributed by atoms with Crippen LogP contribution in [-0.4, -0.2) is 25.8 Å². The van der Waals surface area contributed by atoms with E-state index in [2.05, 4.69) is 27.7 Å². The highest BCUT2D eigenvalue weighted by Gasteiger charge is 2.40. The van der Waals surface area contributed by atoms with E-state index in [1.54, 1.807) is 0 Å². The molecule has 0 aliphatic rings. The molecule has 0 fully saturated rings. The Morgan fingerprint density at radius 2 is 1.71 bits per heavy atom. The van der Waals surface area contributed by atoms with Crippen LogP contribution in [0.3, 0.4) is 0 Å². The lowest BCUT2D eigenvalue weighted by Gasteiger charge is -2.34. The van der Waals surface area contributed by atoms with Gasteiger partial charge in [-0.05, 0) is 25.7 Å². The van der Waals surface area contributed by atoms with Crippen LogP contribution in [0.15, 0.2) is 0 Å². The summed E-state index contributed by atoms with van der Waals surface area (Å²) in [6.45, 7) is 11.9. The number of hydrogen-bond acceptors (Lipinski definition) is 3. The minimum atomic E-state index is -0.318. The van der Waals surface area contributed by atoms with Crippen molar-refractivity contribution in [3.8, 4) is 0 Å². The Morgan fingerprint density at radius 3 is 2.12 bits per heavy atom. The Kier molecular flexibility index (Phi) is 8.23. The quantitative estimate of drug-likeness (QED) is 0.460. The van der Waals surface area contributed by atoms with Crippen molar-refractivity contribution < 1.29 is 14.3 Å². The minimum Gasteiger partial charge on any atom is -0.463 e. The zero-order valence-corrected chi connectivity index (χ0v) is 12.0. The largest absolute Gasteiger partial charge is 0.463 e. The fourth-order valence-corrected chi connectivity index (χ4v) is 2.31. The molecule has 0 aromatic carbocycles. The predicted molar refractivity (Wildman–Crippen MR) is 69.9 cm³/mol. The normalized spacial score (nSPS) is 13.5. The first-order valence-electron chi connectivity index (χ1n) is 6.83. The molecule has 3 heteroatoms. The third kappa shape index (κ3) is 4.30. The molecule has 1 unspecified atom stereocenters. The number of esters is 1. The van der Waals surface area contributed by atoms with E-state index in [0.29, 0.717) is 25.7 Å². The molecule has 0 amide bonds. The minimum absolute atomic E-state index is 0.0587. The van der Waals surface area contributed by atoms with Crippen LogP contribution in [0.25, 0.3) is 0 Å². The van der Waals surface area contributed by atoms with Crippen molar-refractivity contribution in [1.29, 1.82) is 0 Å². The van der Waals surface area contributed by atoms with E-state index in [-0.39, 0.29) is 11.4 Å². The molecule has 1 atom stereocenters. The second-order valence-electron chi connectivity index (χ2n) is 4.51. The van der Waals surface area contributed by atoms with Crippen LogP contribution in [-0.2, 0) is 14.3 Å². The molecule has 0 saturated carbocycles. The molecule has 17 heavy (non-hydrogen) atoms. The van der Waals surface area contributed by atoms with Gasteiger partial charge in [0, 0.05) is 6.61 Å². The van der Waals surface area contributed by atoms with Crippen molar-refractivity contribution in [3.05, 3.63) is 0 Å². The van der Waals surface area contributed by atoms with Gasteiger partial charge in [-0.3, -0.25) is 4.79 Å². The van der Waals surface area contributed by atoms with Crippen molar-refractivity contribution in [2.45, 2.75) is 53.9 Å². The number of carbonyl (C=O) groups excluding carboxylic acids is 1. The molecule has 102 valence electrons. The summed E-state index contributed by atoms with van der Waals surface area (Å²) >= 11 is 0. The lowest BCUT2D eigenvalue weighted by Crippen LogP contribution is -2.38. The topological polar surface area (TPSA) is 35.5 Å². The van der Waals surface area contributed by atoms with Gasteiger partial charge in [0.05, 0.1) is 12.0 Å². The van der Waals surface area contributed by atoms with Gasteiger partial charge in [-0.25, -0.2) is 0 Å². The summed E-state index contributed by atoms with van der Waals surface area (Å²) < 4.78 is 10.5. The molecule has 0 radical (unpaired) electrons. The van der Waals surface area contributed by atoms with Crippen LogP contribution in [0.1, 0.15) is 53.9 Å². The van der Waals surface area contributed by atoms with Gasteiger partial charge in [-0.15, -0.1) is 0 Å². The molecular weight excluding hydrogens is 216 g/mol. The van der Waals surface area contributed by atoms with E-state index >= 15 is 0 Å². The van der Waals surface area contributed by atoms with E-state index < -0.39 is 0 Å². The monoisotopic (exact) mass is 244 g/mol. The first-order chi connectivity index (χ1) is 8.08. The summed E-state index contributed by atoms with van der Waals surface area (Å²) in [5, 5.41) is 0. The zero-order valence-electron chi connectivity index (χ0n) is 12.0. The lowest BCUT2D eigenvalue weighted by atomic mass is 9.71. The summed E-state index contributed by atoms with van der Waals surface area (Å²) in [7, 11) is 0. The average molecular weight is 244 g/mol. The Balaban J connectivity index is 4.43. The third-order valence-corrected chi connectivity index (χ3v) is 3.89. The fourth-order valence-electron chi connectivity index (χ4n) is 2.31. The molecule has 0 aromatic heterocycles. The van der Waals surface area contributed by atoms with E-state index in [9.17, 15) is 4.79 Å². The lowest BCUT2D eigenvalue weighted by molar-refractivity contribution is -0.161. The van der Waals surface area contributed by atoms with Crippen molar-refractivity contribution in [2.75, 3.05) is 19.8 Å². The summed E-state index contributed by atoms with van der Waals surface area (Å²) in [6.07, 6.45) is 2.68. The predicted octanol–water partition coefficient (Wildman–Crippen LogP) is 3.42. The van der Waals surface area contributed by atoms with Gasteiger partial charge in [0.1, 0.15) is 6.61 Å². The Labute approximate surface area is 106 Å². The molecule has 0 heterocycles. The molecule has 0 saturated heterocycles. The highest BCUT2D eigenvalue weighted by molar-refractivity contribution is 5.77. The smallest absolute Gasteiger partial charge is 0.312 e. The van der Waals surface area contributed by atoms with E-state index in [1.165, 1.54) is 0 Å². The molecular formula is C14H28O3. The maximum Gasteiger partial charge on any atom is 0.312 e. The van der Waals surface area contributed by atoms with Crippen molar-refractivity contribution >= 4 is 5.97 Å². The van der Waals surface area contributed by atoms with Crippen LogP contribution in [0.4, 0.5) is 0 Å². The fraction of sp³-hybridized carbons (Fsp3) is 0.929. The Hall–Kier alpha value is -0.570. The second-order valence-corrected chi connectivity index (χ2v) is 4.51. The molecule has 0 aromatic rings. The average Bonchev–Trinajstić information content (AvgIpc) is 2.36. The van der Waals surface area contributed by atoms with Gasteiger partial charge >= 0.3 is 5.97 Å². The Morgan fingerprint density at radius 1 is 1.12 bits per heavy atom. The van der Waals surface area contributed by atoms with Crippen LogP contribution >= 0.6 is 0 Å². The number of carbonyl (C=O) groups is 1. The van der Waals surface area contributed by atoms with E-state index in [0.717, 1.165) is 19.3 Å². The molecule has 0 rings (SSSR count). The van der Waals surface area contributed by atoms with Gasteiger partial charge in [-0.1, -0.05) is 34.1 Å². The first-order valence-corrected chi connectivity index (χ1v) is 6.83. The molecule has 0 spiro atoms. The van der Waals surface area contributed by atoms with Crippen LogP contribution in [0, 0.1) is 11.3 Å². The highest BCUT2D eigenvalue weighted by Crippen LogP contribution is 2.38. The highest BCUT2D eigenvalue weighted by atomic mass is 16.6. The Bertz CT molecular complexity index is 210. The standard InChI is InChI=1S/C14H28O3/c1-6-12(5)14(7-2,8-3)13(15)17-11-10-16-9-4/h12H,6-11H2,1-5H3. The summed E-state index contributed by atoms with van der Waals surface area (Å²) in [6, 6.07) is 0. The molecule has 3 nitrogen and oxygen atoms in total. The molecule has 0 aliphatic heterocycles. The maximum atomic E-state index is 12.2. The summed E-state index contributed by atoms with van der Waals surface area (Å²) in [5.74, 6) is 0.300. The van der Waals surface area contributed by atoms with Crippen LogP contribution < -0.4 is 0 Å². The molecule has 0 bridgehead atoms. The number of ether oxygens (including phenoxy) is 2. The number of hydrogen-bond donors (Lipinski definition) is 0. The van der Waals surface area contributed by atoms with Crippen LogP contribution in [0.2, 0.25) is 0 Å². The van der Waals surface area contributed by atoms with Crippen molar-refractivity contribution in [1.82, 2.24) is 0 Å². The van der Waals surface area contributed by atoms with Gasteiger partial charge in [0.15, 0.2) is 0 Å². The van der Waals surface area contributed by atoms with Crippen LogP contribution in [0.5, 0.6) is 0 Å².